The Balaban J connectivity index is 1.73. The van der Waals surface area contributed by atoms with Gasteiger partial charge in [0.15, 0.2) is 5.82 Å². The molecule has 0 unspecified atom stereocenters. The summed E-state index contributed by atoms with van der Waals surface area (Å²) in [5.41, 5.74) is 0.821. The molecule has 116 valence electrons. The Morgan fingerprint density at radius 1 is 1.27 bits per heavy atom. The SMILES string of the molecule is Cc1occc1-c1nnc(SCc2nnc(C(C)C)o2)n1N. The maximum atomic E-state index is 6.04. The molecule has 3 aromatic rings. The third-order valence-corrected chi connectivity index (χ3v) is 3.99. The van der Waals surface area contributed by atoms with E-state index in [1.807, 2.05) is 26.8 Å². The number of furan rings is 1. The molecular weight excluding hydrogens is 304 g/mol. The highest BCUT2D eigenvalue weighted by Gasteiger charge is 2.17. The predicted molar refractivity (Wildman–Crippen MR) is 80.6 cm³/mol. The lowest BCUT2D eigenvalue weighted by molar-refractivity contribution is 0.445. The number of thioether (sulfide) groups is 1. The summed E-state index contributed by atoms with van der Waals surface area (Å²) in [6.45, 7) is 5.85. The lowest BCUT2D eigenvalue weighted by atomic mass is 10.2. The minimum atomic E-state index is 0.208. The van der Waals surface area contributed by atoms with Crippen molar-refractivity contribution in [3.8, 4) is 11.4 Å². The Morgan fingerprint density at radius 2 is 2.09 bits per heavy atom. The zero-order chi connectivity index (χ0) is 15.7. The number of aromatic nitrogens is 5. The Bertz CT molecular complexity index is 775. The van der Waals surface area contributed by atoms with Gasteiger partial charge >= 0.3 is 0 Å². The minimum Gasteiger partial charge on any atom is -0.469 e. The van der Waals surface area contributed by atoms with E-state index in [0.29, 0.717) is 28.5 Å². The molecule has 3 heterocycles. The number of nitrogens with two attached hydrogens (primary N) is 1. The normalized spacial score (nSPS) is 11.5. The second-order valence-corrected chi connectivity index (χ2v) is 5.99. The van der Waals surface area contributed by atoms with Crippen molar-refractivity contribution >= 4 is 11.8 Å². The molecule has 0 spiro atoms. The van der Waals surface area contributed by atoms with E-state index in [4.69, 9.17) is 14.7 Å². The summed E-state index contributed by atoms with van der Waals surface area (Å²) in [5, 5.41) is 16.8. The van der Waals surface area contributed by atoms with Crippen molar-refractivity contribution in [1.29, 1.82) is 0 Å². The highest BCUT2D eigenvalue weighted by atomic mass is 32.2. The van der Waals surface area contributed by atoms with Crippen LogP contribution in [-0.2, 0) is 5.75 Å². The van der Waals surface area contributed by atoms with Gasteiger partial charge in [-0.05, 0) is 13.0 Å². The van der Waals surface area contributed by atoms with Gasteiger partial charge < -0.3 is 14.7 Å². The molecule has 2 N–H and O–H groups in total. The van der Waals surface area contributed by atoms with E-state index in [2.05, 4.69) is 20.4 Å². The maximum Gasteiger partial charge on any atom is 0.226 e. The van der Waals surface area contributed by atoms with Gasteiger partial charge in [-0.3, -0.25) is 0 Å². The molecule has 0 fully saturated rings. The van der Waals surface area contributed by atoms with Gasteiger partial charge in [0.25, 0.3) is 0 Å². The highest BCUT2D eigenvalue weighted by molar-refractivity contribution is 7.98. The van der Waals surface area contributed by atoms with E-state index in [-0.39, 0.29) is 5.92 Å². The van der Waals surface area contributed by atoms with E-state index in [1.165, 1.54) is 16.4 Å². The van der Waals surface area contributed by atoms with Crippen molar-refractivity contribution in [1.82, 2.24) is 25.1 Å². The van der Waals surface area contributed by atoms with Crippen LogP contribution in [-0.4, -0.2) is 25.1 Å². The van der Waals surface area contributed by atoms with Crippen molar-refractivity contribution in [3.63, 3.8) is 0 Å². The second-order valence-electron chi connectivity index (χ2n) is 5.04. The monoisotopic (exact) mass is 320 g/mol. The lowest BCUT2D eigenvalue weighted by Gasteiger charge is -2.01. The highest BCUT2D eigenvalue weighted by Crippen LogP contribution is 2.26. The number of aryl methyl sites for hydroxylation is 1. The van der Waals surface area contributed by atoms with Crippen LogP contribution in [0.15, 0.2) is 26.3 Å². The number of rotatable bonds is 5. The minimum absolute atomic E-state index is 0.208. The summed E-state index contributed by atoms with van der Waals surface area (Å²) < 4.78 is 12.2. The van der Waals surface area contributed by atoms with E-state index in [9.17, 15) is 0 Å². The average molecular weight is 320 g/mol. The lowest BCUT2D eigenvalue weighted by Crippen LogP contribution is -2.11. The van der Waals surface area contributed by atoms with Gasteiger partial charge in [-0.15, -0.1) is 20.4 Å². The van der Waals surface area contributed by atoms with Gasteiger partial charge in [0.2, 0.25) is 16.9 Å². The number of nitrogens with zero attached hydrogens (tertiary/aromatic N) is 5. The quantitative estimate of drug-likeness (QED) is 0.563. The molecule has 0 atom stereocenters. The van der Waals surface area contributed by atoms with Gasteiger partial charge in [0, 0.05) is 5.92 Å². The summed E-state index contributed by atoms with van der Waals surface area (Å²) in [4.78, 5) is 0. The van der Waals surface area contributed by atoms with Crippen molar-refractivity contribution in [3.05, 3.63) is 29.9 Å². The summed E-state index contributed by atoms with van der Waals surface area (Å²) >= 11 is 1.39. The van der Waals surface area contributed by atoms with Gasteiger partial charge in [-0.1, -0.05) is 25.6 Å². The molecule has 22 heavy (non-hydrogen) atoms. The van der Waals surface area contributed by atoms with Crippen LogP contribution in [0.2, 0.25) is 0 Å². The molecule has 0 aliphatic heterocycles. The molecule has 0 amide bonds. The first-order valence-electron chi connectivity index (χ1n) is 6.76. The third-order valence-electron chi connectivity index (χ3n) is 3.07. The zero-order valence-electron chi connectivity index (χ0n) is 12.5. The van der Waals surface area contributed by atoms with Crippen molar-refractivity contribution in [2.75, 3.05) is 5.84 Å². The Kier molecular flexibility index (Phi) is 3.88. The van der Waals surface area contributed by atoms with Crippen LogP contribution in [0.4, 0.5) is 0 Å². The van der Waals surface area contributed by atoms with Crippen LogP contribution in [0.25, 0.3) is 11.4 Å². The number of hydrogen-bond acceptors (Lipinski definition) is 8. The van der Waals surface area contributed by atoms with Crippen LogP contribution < -0.4 is 5.84 Å². The van der Waals surface area contributed by atoms with Crippen LogP contribution >= 0.6 is 11.8 Å². The molecule has 0 aliphatic rings. The van der Waals surface area contributed by atoms with Gasteiger partial charge in [-0.2, -0.15) is 0 Å². The smallest absolute Gasteiger partial charge is 0.226 e. The van der Waals surface area contributed by atoms with Crippen LogP contribution in [0.5, 0.6) is 0 Å². The van der Waals surface area contributed by atoms with E-state index < -0.39 is 0 Å². The fourth-order valence-corrected chi connectivity index (χ4v) is 2.55. The standard InChI is InChI=1S/C13H16N6O2S/c1-7(2)12-17-15-10(21-12)6-22-13-18-16-11(19(13)14)9-4-5-20-8(9)3/h4-5,7H,6,14H2,1-3H3. The molecule has 0 aromatic carbocycles. The zero-order valence-corrected chi connectivity index (χ0v) is 13.3. The third kappa shape index (κ3) is 2.71. The Labute approximate surface area is 131 Å². The van der Waals surface area contributed by atoms with Crippen LogP contribution in [0.1, 0.15) is 37.3 Å². The van der Waals surface area contributed by atoms with E-state index >= 15 is 0 Å². The number of nitrogen functional groups attached to an aromatic ring is 1. The van der Waals surface area contributed by atoms with Crippen LogP contribution in [0.3, 0.4) is 0 Å². The fourth-order valence-electron chi connectivity index (χ4n) is 1.86. The van der Waals surface area contributed by atoms with E-state index in [0.717, 1.165) is 11.3 Å². The molecule has 9 heteroatoms. The predicted octanol–water partition coefficient (Wildman–Crippen LogP) is 2.36. The summed E-state index contributed by atoms with van der Waals surface area (Å²) in [6, 6.07) is 1.81. The first-order valence-corrected chi connectivity index (χ1v) is 7.75. The van der Waals surface area contributed by atoms with E-state index in [1.54, 1.807) is 6.26 Å². The maximum absolute atomic E-state index is 6.04. The van der Waals surface area contributed by atoms with Crippen molar-refractivity contribution < 1.29 is 8.83 Å². The Morgan fingerprint density at radius 3 is 2.73 bits per heavy atom. The molecule has 0 bridgehead atoms. The second kappa shape index (κ2) is 5.84. The topological polar surface area (TPSA) is 109 Å². The molecule has 0 saturated carbocycles. The molecule has 3 rings (SSSR count). The summed E-state index contributed by atoms with van der Waals surface area (Å²) in [7, 11) is 0. The van der Waals surface area contributed by atoms with Gasteiger partial charge in [-0.25, -0.2) is 4.68 Å². The number of hydrogen-bond donors (Lipinski definition) is 1. The molecule has 0 aliphatic carbocycles. The van der Waals surface area contributed by atoms with Crippen LogP contribution in [0, 0.1) is 6.92 Å². The summed E-state index contributed by atoms with van der Waals surface area (Å²) in [6.07, 6.45) is 1.60. The van der Waals surface area contributed by atoms with Gasteiger partial charge in [0.1, 0.15) is 5.76 Å². The van der Waals surface area contributed by atoms with Crippen molar-refractivity contribution in [2.24, 2.45) is 0 Å². The molecule has 0 radical (unpaired) electrons. The van der Waals surface area contributed by atoms with Crippen molar-refractivity contribution in [2.45, 2.75) is 37.6 Å². The molecule has 8 nitrogen and oxygen atoms in total. The first kappa shape index (κ1) is 14.6. The first-order chi connectivity index (χ1) is 10.6. The molecule has 3 aromatic heterocycles. The average Bonchev–Trinajstić information content (AvgIpc) is 3.17. The molecular formula is C13H16N6O2S. The summed E-state index contributed by atoms with van der Waals surface area (Å²) in [5.74, 6) is 9.20. The largest absolute Gasteiger partial charge is 0.469 e. The fraction of sp³-hybridized carbons (Fsp3) is 0.385. The van der Waals surface area contributed by atoms with Gasteiger partial charge in [0.05, 0.1) is 17.6 Å². The Hall–Kier alpha value is -2.29. The molecule has 0 saturated heterocycles.